The SMILES string of the molecule is CN1CCc2cn(C)nc2C(O)C1. The van der Waals surface area contributed by atoms with Crippen LogP contribution >= 0.6 is 0 Å². The average Bonchev–Trinajstić information content (AvgIpc) is 2.38. The Kier molecular flexibility index (Phi) is 2.09. The molecule has 0 saturated heterocycles. The predicted octanol–water partition coefficient (Wildman–Crippen LogP) is -0.0586. The van der Waals surface area contributed by atoms with Gasteiger partial charge in [-0.25, -0.2) is 0 Å². The molecule has 0 bridgehead atoms. The fourth-order valence-electron chi connectivity index (χ4n) is 1.81. The molecule has 0 aromatic carbocycles. The second-order valence-electron chi connectivity index (χ2n) is 3.74. The Morgan fingerprint density at radius 2 is 2.31 bits per heavy atom. The first kappa shape index (κ1) is 8.72. The predicted molar refractivity (Wildman–Crippen MR) is 49.4 cm³/mol. The van der Waals surface area contributed by atoms with E-state index in [9.17, 15) is 5.11 Å². The minimum Gasteiger partial charge on any atom is -0.385 e. The highest BCUT2D eigenvalue weighted by Crippen LogP contribution is 2.20. The summed E-state index contributed by atoms with van der Waals surface area (Å²) in [5.74, 6) is 0. The van der Waals surface area contributed by atoms with Gasteiger partial charge < -0.3 is 10.0 Å². The van der Waals surface area contributed by atoms with Crippen molar-refractivity contribution in [1.82, 2.24) is 14.7 Å². The third kappa shape index (κ3) is 1.59. The van der Waals surface area contributed by atoms with Crippen LogP contribution in [0.4, 0.5) is 0 Å². The number of β-amino-alcohol motifs (C(OH)–C–C–N with tert-alkyl or cyclic N) is 1. The van der Waals surface area contributed by atoms with Crippen LogP contribution in [-0.2, 0) is 13.5 Å². The van der Waals surface area contributed by atoms with Crippen molar-refractivity contribution in [1.29, 1.82) is 0 Å². The lowest BCUT2D eigenvalue weighted by molar-refractivity contribution is 0.129. The Morgan fingerprint density at radius 3 is 3.08 bits per heavy atom. The molecule has 1 N–H and O–H groups in total. The van der Waals surface area contributed by atoms with Crippen LogP contribution in [0.1, 0.15) is 17.4 Å². The number of aromatic nitrogens is 2. The minimum absolute atomic E-state index is 0.427. The molecule has 0 saturated carbocycles. The van der Waals surface area contributed by atoms with Gasteiger partial charge in [-0.1, -0.05) is 0 Å². The van der Waals surface area contributed by atoms with Crippen molar-refractivity contribution in [3.8, 4) is 0 Å². The molecule has 1 aliphatic rings. The van der Waals surface area contributed by atoms with Crippen molar-refractivity contribution in [2.75, 3.05) is 20.1 Å². The first-order chi connectivity index (χ1) is 6.16. The molecule has 1 aliphatic heterocycles. The zero-order chi connectivity index (χ0) is 9.42. The molecule has 1 atom stereocenters. The molecule has 0 radical (unpaired) electrons. The van der Waals surface area contributed by atoms with Crippen molar-refractivity contribution >= 4 is 0 Å². The number of aliphatic hydroxyl groups is 1. The number of aryl methyl sites for hydroxylation is 1. The van der Waals surface area contributed by atoms with E-state index in [2.05, 4.69) is 10.00 Å². The van der Waals surface area contributed by atoms with Gasteiger partial charge in [0.05, 0.1) is 5.69 Å². The molecule has 13 heavy (non-hydrogen) atoms. The van der Waals surface area contributed by atoms with Crippen LogP contribution in [0.25, 0.3) is 0 Å². The molecule has 2 heterocycles. The summed E-state index contributed by atoms with van der Waals surface area (Å²) in [6.45, 7) is 1.68. The quantitative estimate of drug-likeness (QED) is 0.609. The molecular weight excluding hydrogens is 166 g/mol. The molecule has 0 fully saturated rings. The van der Waals surface area contributed by atoms with Crippen LogP contribution in [-0.4, -0.2) is 39.9 Å². The highest BCUT2D eigenvalue weighted by Gasteiger charge is 2.21. The maximum absolute atomic E-state index is 9.81. The summed E-state index contributed by atoms with van der Waals surface area (Å²) in [7, 11) is 3.92. The fourth-order valence-corrected chi connectivity index (χ4v) is 1.81. The number of likely N-dealkylation sites (N-methyl/N-ethyl adjacent to an activating group) is 1. The second kappa shape index (κ2) is 3.12. The van der Waals surface area contributed by atoms with Crippen LogP contribution in [0.5, 0.6) is 0 Å². The van der Waals surface area contributed by atoms with Crippen molar-refractivity contribution in [3.05, 3.63) is 17.5 Å². The molecule has 4 heteroatoms. The van der Waals surface area contributed by atoms with Crippen LogP contribution in [0, 0.1) is 0 Å². The summed E-state index contributed by atoms with van der Waals surface area (Å²) in [6.07, 6.45) is 2.55. The van der Waals surface area contributed by atoms with E-state index in [-0.39, 0.29) is 0 Å². The summed E-state index contributed by atoms with van der Waals surface area (Å²) < 4.78 is 1.78. The number of rotatable bonds is 0. The molecule has 2 rings (SSSR count). The van der Waals surface area contributed by atoms with Gasteiger partial charge in [0.15, 0.2) is 0 Å². The van der Waals surface area contributed by atoms with Crippen molar-refractivity contribution in [2.24, 2.45) is 7.05 Å². The van der Waals surface area contributed by atoms with E-state index in [1.165, 1.54) is 5.56 Å². The smallest absolute Gasteiger partial charge is 0.111 e. The van der Waals surface area contributed by atoms with Crippen molar-refractivity contribution < 1.29 is 5.11 Å². The number of aliphatic hydroxyl groups excluding tert-OH is 1. The zero-order valence-electron chi connectivity index (χ0n) is 8.06. The van der Waals surface area contributed by atoms with Crippen LogP contribution in [0.3, 0.4) is 0 Å². The van der Waals surface area contributed by atoms with E-state index in [4.69, 9.17) is 0 Å². The maximum atomic E-state index is 9.81. The van der Waals surface area contributed by atoms with Crippen LogP contribution in [0.2, 0.25) is 0 Å². The first-order valence-corrected chi connectivity index (χ1v) is 4.56. The van der Waals surface area contributed by atoms with Gasteiger partial charge in [0.1, 0.15) is 6.10 Å². The second-order valence-corrected chi connectivity index (χ2v) is 3.74. The normalized spacial score (nSPS) is 24.1. The fraction of sp³-hybridized carbons (Fsp3) is 0.667. The molecule has 0 aliphatic carbocycles. The number of nitrogens with zero attached hydrogens (tertiary/aromatic N) is 3. The van der Waals surface area contributed by atoms with Gasteiger partial charge in [0.2, 0.25) is 0 Å². The Hall–Kier alpha value is -0.870. The van der Waals surface area contributed by atoms with E-state index < -0.39 is 6.10 Å². The molecule has 0 amide bonds. The van der Waals surface area contributed by atoms with Gasteiger partial charge in [0.25, 0.3) is 0 Å². The summed E-state index contributed by atoms with van der Waals surface area (Å²) in [6, 6.07) is 0. The van der Waals surface area contributed by atoms with Crippen LogP contribution in [0.15, 0.2) is 6.20 Å². The van der Waals surface area contributed by atoms with Crippen molar-refractivity contribution in [2.45, 2.75) is 12.5 Å². The first-order valence-electron chi connectivity index (χ1n) is 4.56. The van der Waals surface area contributed by atoms with Crippen LogP contribution < -0.4 is 0 Å². The summed E-state index contributed by atoms with van der Waals surface area (Å²) in [5.41, 5.74) is 2.03. The molecule has 0 spiro atoms. The monoisotopic (exact) mass is 181 g/mol. The highest BCUT2D eigenvalue weighted by molar-refractivity contribution is 5.21. The molecule has 4 nitrogen and oxygen atoms in total. The number of hydrogen-bond acceptors (Lipinski definition) is 3. The molecule has 72 valence electrons. The lowest BCUT2D eigenvalue weighted by Crippen LogP contribution is -2.24. The van der Waals surface area contributed by atoms with E-state index in [1.54, 1.807) is 4.68 Å². The highest BCUT2D eigenvalue weighted by atomic mass is 16.3. The maximum Gasteiger partial charge on any atom is 0.111 e. The Labute approximate surface area is 77.8 Å². The molecule has 1 aromatic heterocycles. The van der Waals surface area contributed by atoms with E-state index >= 15 is 0 Å². The van der Waals surface area contributed by atoms with Gasteiger partial charge in [0, 0.05) is 26.3 Å². The van der Waals surface area contributed by atoms with Gasteiger partial charge in [-0.05, 0) is 19.0 Å². The van der Waals surface area contributed by atoms with Gasteiger partial charge in [-0.3, -0.25) is 4.68 Å². The van der Waals surface area contributed by atoms with Gasteiger partial charge in [-0.2, -0.15) is 5.10 Å². The summed E-state index contributed by atoms with van der Waals surface area (Å²) in [4.78, 5) is 2.13. The van der Waals surface area contributed by atoms with Gasteiger partial charge in [-0.15, -0.1) is 0 Å². The molecule has 1 unspecified atom stereocenters. The van der Waals surface area contributed by atoms with Gasteiger partial charge >= 0.3 is 0 Å². The summed E-state index contributed by atoms with van der Waals surface area (Å²) >= 11 is 0. The Morgan fingerprint density at radius 1 is 1.54 bits per heavy atom. The minimum atomic E-state index is -0.427. The summed E-state index contributed by atoms with van der Waals surface area (Å²) in [5, 5.41) is 14.1. The Bertz CT molecular complexity index is 308. The standard InChI is InChI=1S/C9H15N3O/c1-11-4-3-7-5-12(2)10-9(7)8(13)6-11/h5,8,13H,3-4,6H2,1-2H3. The number of hydrogen-bond donors (Lipinski definition) is 1. The van der Waals surface area contributed by atoms with E-state index in [0.717, 1.165) is 18.7 Å². The topological polar surface area (TPSA) is 41.3 Å². The van der Waals surface area contributed by atoms with Crippen molar-refractivity contribution in [3.63, 3.8) is 0 Å². The van der Waals surface area contributed by atoms with E-state index in [1.807, 2.05) is 20.3 Å². The zero-order valence-corrected chi connectivity index (χ0v) is 8.06. The van der Waals surface area contributed by atoms with E-state index in [0.29, 0.717) is 6.54 Å². The lowest BCUT2D eigenvalue weighted by Gasteiger charge is -2.15. The lowest BCUT2D eigenvalue weighted by atomic mass is 10.1. The number of fused-ring (bicyclic) bond motifs is 1. The average molecular weight is 181 g/mol. The third-order valence-corrected chi connectivity index (χ3v) is 2.50. The third-order valence-electron chi connectivity index (χ3n) is 2.50. The molecule has 1 aromatic rings. The molecular formula is C9H15N3O. The largest absolute Gasteiger partial charge is 0.385 e. The Balaban J connectivity index is 2.33.